The lowest BCUT2D eigenvalue weighted by Crippen LogP contribution is -2.30. The number of sulfonamides is 1. The molecule has 7 heteroatoms. The number of carbonyl (C=O) groups is 1. The van der Waals surface area contributed by atoms with Gasteiger partial charge in [0.1, 0.15) is 5.75 Å². The van der Waals surface area contributed by atoms with Gasteiger partial charge in [-0.15, -0.1) is 0 Å². The average Bonchev–Trinajstić information content (AvgIpc) is 2.56. The summed E-state index contributed by atoms with van der Waals surface area (Å²) in [7, 11) is -3.58. The van der Waals surface area contributed by atoms with Crippen LogP contribution in [0.15, 0.2) is 53.4 Å². The molecular weight excluding hydrogens is 340 g/mol. The van der Waals surface area contributed by atoms with Crippen LogP contribution < -0.4 is 14.8 Å². The fraction of sp³-hybridized carbons (Fsp3) is 0.278. The second-order valence-electron chi connectivity index (χ2n) is 5.68. The molecule has 0 radical (unpaired) electrons. The molecule has 0 bridgehead atoms. The molecule has 0 aliphatic carbocycles. The number of anilines is 1. The minimum atomic E-state index is -3.58. The Labute approximate surface area is 148 Å². The highest BCUT2D eigenvalue weighted by atomic mass is 32.2. The molecule has 25 heavy (non-hydrogen) atoms. The summed E-state index contributed by atoms with van der Waals surface area (Å²) in [5.74, 6) is 0.242. The van der Waals surface area contributed by atoms with Crippen molar-refractivity contribution in [1.82, 2.24) is 4.72 Å². The summed E-state index contributed by atoms with van der Waals surface area (Å²) in [5, 5.41) is 2.77. The fourth-order valence-corrected chi connectivity index (χ4v) is 3.46. The number of hydrogen-bond acceptors (Lipinski definition) is 4. The standard InChI is InChI=1S/C18H22N2O4S/c1-4-24-17-8-6-5-7-16(17)19-18(21)14-9-11-15(12-10-14)25(22,23)20-13(2)3/h5-13,20H,4H2,1-3H3,(H,19,21). The zero-order chi connectivity index (χ0) is 18.4. The first-order valence-corrected chi connectivity index (χ1v) is 9.47. The van der Waals surface area contributed by atoms with Gasteiger partial charge in [0.05, 0.1) is 17.2 Å². The SMILES string of the molecule is CCOc1ccccc1NC(=O)c1ccc(S(=O)(=O)NC(C)C)cc1. The minimum Gasteiger partial charge on any atom is -0.492 e. The van der Waals surface area contributed by atoms with Gasteiger partial charge < -0.3 is 10.1 Å². The van der Waals surface area contributed by atoms with E-state index in [9.17, 15) is 13.2 Å². The smallest absolute Gasteiger partial charge is 0.255 e. The van der Waals surface area contributed by atoms with E-state index in [4.69, 9.17) is 4.74 Å². The topological polar surface area (TPSA) is 84.5 Å². The van der Waals surface area contributed by atoms with Gasteiger partial charge in [-0.25, -0.2) is 13.1 Å². The van der Waals surface area contributed by atoms with E-state index in [-0.39, 0.29) is 16.8 Å². The van der Waals surface area contributed by atoms with Crippen molar-refractivity contribution in [2.45, 2.75) is 31.7 Å². The van der Waals surface area contributed by atoms with E-state index in [2.05, 4.69) is 10.0 Å². The first-order chi connectivity index (χ1) is 11.8. The number of carbonyl (C=O) groups excluding carboxylic acids is 1. The molecule has 0 fully saturated rings. The van der Waals surface area contributed by atoms with Gasteiger partial charge in [0.15, 0.2) is 0 Å². The molecule has 0 saturated heterocycles. The number of amides is 1. The van der Waals surface area contributed by atoms with Crippen LogP contribution in [-0.4, -0.2) is 27.0 Å². The third kappa shape index (κ3) is 5.04. The van der Waals surface area contributed by atoms with Crippen LogP contribution in [0.2, 0.25) is 0 Å². The van der Waals surface area contributed by atoms with E-state index in [1.54, 1.807) is 32.0 Å². The molecule has 0 spiro atoms. The van der Waals surface area contributed by atoms with E-state index < -0.39 is 10.0 Å². The van der Waals surface area contributed by atoms with Crippen molar-refractivity contribution >= 4 is 21.6 Å². The maximum absolute atomic E-state index is 12.4. The van der Waals surface area contributed by atoms with Crippen LogP contribution in [0.3, 0.4) is 0 Å². The first-order valence-electron chi connectivity index (χ1n) is 7.99. The summed E-state index contributed by atoms with van der Waals surface area (Å²) >= 11 is 0. The van der Waals surface area contributed by atoms with E-state index in [1.807, 2.05) is 13.0 Å². The summed E-state index contributed by atoms with van der Waals surface area (Å²) in [5.41, 5.74) is 0.919. The van der Waals surface area contributed by atoms with Gasteiger partial charge in [0, 0.05) is 11.6 Å². The lowest BCUT2D eigenvalue weighted by molar-refractivity contribution is 0.102. The van der Waals surface area contributed by atoms with Gasteiger partial charge >= 0.3 is 0 Å². The molecule has 0 aromatic heterocycles. The minimum absolute atomic E-state index is 0.118. The number of nitrogens with one attached hydrogen (secondary N) is 2. The molecule has 0 saturated carbocycles. The molecule has 0 unspecified atom stereocenters. The van der Waals surface area contributed by atoms with Crippen LogP contribution in [0.1, 0.15) is 31.1 Å². The van der Waals surface area contributed by atoms with Crippen LogP contribution in [0.5, 0.6) is 5.75 Å². The highest BCUT2D eigenvalue weighted by Crippen LogP contribution is 2.24. The molecule has 0 heterocycles. The Bertz CT molecular complexity index is 830. The third-order valence-corrected chi connectivity index (χ3v) is 4.93. The molecule has 6 nitrogen and oxygen atoms in total. The predicted molar refractivity (Wildman–Crippen MR) is 97.5 cm³/mol. The molecule has 0 aliphatic rings. The van der Waals surface area contributed by atoms with E-state index in [1.165, 1.54) is 24.3 Å². The fourth-order valence-electron chi connectivity index (χ4n) is 2.21. The molecular formula is C18H22N2O4S. The maximum atomic E-state index is 12.4. The van der Waals surface area contributed by atoms with Gasteiger partial charge in [-0.3, -0.25) is 4.79 Å². The Morgan fingerprint density at radius 2 is 1.72 bits per heavy atom. The van der Waals surface area contributed by atoms with E-state index in [0.717, 1.165) is 0 Å². The van der Waals surface area contributed by atoms with Gasteiger partial charge in [-0.2, -0.15) is 0 Å². The zero-order valence-corrected chi connectivity index (χ0v) is 15.3. The third-order valence-electron chi connectivity index (χ3n) is 3.25. The number of hydrogen-bond donors (Lipinski definition) is 2. The normalized spacial score (nSPS) is 11.4. The zero-order valence-electron chi connectivity index (χ0n) is 14.4. The van der Waals surface area contributed by atoms with Crippen molar-refractivity contribution in [3.05, 3.63) is 54.1 Å². The van der Waals surface area contributed by atoms with Crippen LogP contribution in [0.25, 0.3) is 0 Å². The van der Waals surface area contributed by atoms with Gasteiger partial charge in [-0.05, 0) is 57.2 Å². The van der Waals surface area contributed by atoms with E-state index in [0.29, 0.717) is 23.6 Å². The molecule has 2 aromatic carbocycles. The van der Waals surface area contributed by atoms with Crippen LogP contribution in [0.4, 0.5) is 5.69 Å². The quantitative estimate of drug-likeness (QED) is 0.793. The Morgan fingerprint density at radius 3 is 2.32 bits per heavy atom. The van der Waals surface area contributed by atoms with Gasteiger partial charge in [-0.1, -0.05) is 12.1 Å². The predicted octanol–water partition coefficient (Wildman–Crippen LogP) is 3.02. The summed E-state index contributed by atoms with van der Waals surface area (Å²) < 4.78 is 32.2. The number of rotatable bonds is 7. The van der Waals surface area contributed by atoms with E-state index >= 15 is 0 Å². The van der Waals surface area contributed by atoms with Crippen molar-refractivity contribution in [3.8, 4) is 5.75 Å². The monoisotopic (exact) mass is 362 g/mol. The molecule has 134 valence electrons. The van der Waals surface area contributed by atoms with Gasteiger partial charge in [0.2, 0.25) is 10.0 Å². The largest absolute Gasteiger partial charge is 0.492 e. The summed E-state index contributed by atoms with van der Waals surface area (Å²) in [6.45, 7) is 5.84. The summed E-state index contributed by atoms with van der Waals surface area (Å²) in [6.07, 6.45) is 0. The number of para-hydroxylation sites is 2. The summed E-state index contributed by atoms with van der Waals surface area (Å²) in [4.78, 5) is 12.5. The van der Waals surface area contributed by atoms with Crippen molar-refractivity contribution in [1.29, 1.82) is 0 Å². The lowest BCUT2D eigenvalue weighted by Gasteiger charge is -2.12. The Balaban J connectivity index is 2.16. The van der Waals surface area contributed by atoms with Crippen molar-refractivity contribution in [2.75, 3.05) is 11.9 Å². The Morgan fingerprint density at radius 1 is 1.08 bits per heavy atom. The van der Waals surface area contributed by atoms with Gasteiger partial charge in [0.25, 0.3) is 5.91 Å². The Kier molecular flexibility index (Phi) is 6.17. The Hall–Kier alpha value is -2.38. The highest BCUT2D eigenvalue weighted by molar-refractivity contribution is 7.89. The first kappa shape index (κ1) is 19.0. The molecule has 2 aromatic rings. The molecule has 2 N–H and O–H groups in total. The van der Waals surface area contributed by atoms with Crippen LogP contribution in [-0.2, 0) is 10.0 Å². The molecule has 0 atom stereocenters. The second-order valence-corrected chi connectivity index (χ2v) is 7.40. The maximum Gasteiger partial charge on any atom is 0.255 e. The van der Waals surface area contributed by atoms with Crippen molar-refractivity contribution in [2.24, 2.45) is 0 Å². The number of ether oxygens (including phenoxy) is 1. The van der Waals surface area contributed by atoms with Crippen LogP contribution >= 0.6 is 0 Å². The second kappa shape index (κ2) is 8.13. The van der Waals surface area contributed by atoms with Crippen LogP contribution in [0, 0.1) is 0 Å². The van der Waals surface area contributed by atoms with Crippen molar-refractivity contribution < 1.29 is 17.9 Å². The van der Waals surface area contributed by atoms with Crippen molar-refractivity contribution in [3.63, 3.8) is 0 Å². The summed E-state index contributed by atoms with van der Waals surface area (Å²) in [6, 6.07) is 12.7. The highest BCUT2D eigenvalue weighted by Gasteiger charge is 2.16. The average molecular weight is 362 g/mol. The molecule has 2 rings (SSSR count). The number of benzene rings is 2. The molecule has 0 aliphatic heterocycles. The molecule has 1 amide bonds. The lowest BCUT2D eigenvalue weighted by atomic mass is 10.2.